The van der Waals surface area contributed by atoms with Crippen LogP contribution in [-0.2, 0) is 19.7 Å². The van der Waals surface area contributed by atoms with Crippen molar-refractivity contribution in [2.45, 2.75) is 37.1 Å². The van der Waals surface area contributed by atoms with Crippen molar-refractivity contribution < 1.29 is 28.2 Å². The molecular formula is C16H19F2NO4. The Morgan fingerprint density at radius 2 is 2.00 bits per heavy atom. The Balaban J connectivity index is 2.33. The largest absolute Gasteiger partial charge is 0.480 e. The molecule has 0 heterocycles. The molecule has 1 amide bonds. The number of carbonyl (C=O) groups is 2. The highest BCUT2D eigenvalue weighted by Crippen LogP contribution is 2.42. The molecule has 1 aliphatic rings. The van der Waals surface area contributed by atoms with Gasteiger partial charge in [0, 0.05) is 18.7 Å². The van der Waals surface area contributed by atoms with Gasteiger partial charge in [-0.2, -0.15) is 0 Å². The molecule has 7 heteroatoms. The van der Waals surface area contributed by atoms with E-state index in [2.05, 4.69) is 5.32 Å². The minimum atomic E-state index is -1.23. The monoisotopic (exact) mass is 327 g/mol. The van der Waals surface area contributed by atoms with Crippen LogP contribution in [0.25, 0.3) is 0 Å². The fourth-order valence-electron chi connectivity index (χ4n) is 3.11. The van der Waals surface area contributed by atoms with E-state index >= 15 is 0 Å². The summed E-state index contributed by atoms with van der Waals surface area (Å²) in [6, 6.07) is 1.90. The molecule has 0 spiro atoms. The number of halogens is 2. The molecule has 0 bridgehead atoms. The maximum atomic E-state index is 14.2. The summed E-state index contributed by atoms with van der Waals surface area (Å²) < 4.78 is 32.1. The van der Waals surface area contributed by atoms with Gasteiger partial charge in [0.2, 0.25) is 5.91 Å². The molecule has 1 unspecified atom stereocenters. The van der Waals surface area contributed by atoms with Crippen LogP contribution in [0, 0.1) is 11.6 Å². The zero-order valence-electron chi connectivity index (χ0n) is 12.8. The Morgan fingerprint density at radius 1 is 1.35 bits per heavy atom. The summed E-state index contributed by atoms with van der Waals surface area (Å²) in [5.74, 6) is -3.30. The number of ether oxygens (including phenoxy) is 1. The third-order valence-electron chi connectivity index (χ3n) is 4.28. The van der Waals surface area contributed by atoms with Crippen LogP contribution in [0.1, 0.15) is 31.2 Å². The number of carboxylic acid groups (broad SMARTS) is 1. The molecule has 2 N–H and O–H groups in total. The van der Waals surface area contributed by atoms with Gasteiger partial charge in [0.15, 0.2) is 6.04 Å². The predicted octanol–water partition coefficient (Wildman–Crippen LogP) is 1.99. The number of hydrogen-bond acceptors (Lipinski definition) is 3. The third kappa shape index (κ3) is 3.50. The van der Waals surface area contributed by atoms with E-state index in [9.17, 15) is 18.4 Å². The first-order valence-corrected chi connectivity index (χ1v) is 7.39. The second-order valence-corrected chi connectivity index (χ2v) is 5.73. The van der Waals surface area contributed by atoms with E-state index in [1.54, 1.807) is 0 Å². The molecule has 1 aromatic carbocycles. The fourth-order valence-corrected chi connectivity index (χ4v) is 3.11. The van der Waals surface area contributed by atoms with Crippen molar-refractivity contribution in [1.29, 1.82) is 0 Å². The van der Waals surface area contributed by atoms with Gasteiger partial charge in [-0.1, -0.05) is 18.9 Å². The van der Waals surface area contributed by atoms with Crippen molar-refractivity contribution in [2.24, 2.45) is 0 Å². The molecule has 1 saturated carbocycles. The van der Waals surface area contributed by atoms with E-state index in [1.165, 1.54) is 13.2 Å². The van der Waals surface area contributed by atoms with Crippen LogP contribution in [0.4, 0.5) is 8.78 Å². The van der Waals surface area contributed by atoms with Gasteiger partial charge >= 0.3 is 5.97 Å². The van der Waals surface area contributed by atoms with Crippen molar-refractivity contribution in [1.82, 2.24) is 5.32 Å². The zero-order valence-corrected chi connectivity index (χ0v) is 12.8. The lowest BCUT2D eigenvalue weighted by Gasteiger charge is -2.30. The van der Waals surface area contributed by atoms with E-state index in [4.69, 9.17) is 9.84 Å². The van der Waals surface area contributed by atoms with Gasteiger partial charge in [-0.3, -0.25) is 4.79 Å². The van der Waals surface area contributed by atoms with Gasteiger partial charge in [0.1, 0.15) is 11.6 Å². The Kier molecular flexibility index (Phi) is 5.30. The number of methoxy groups -OCH3 is 1. The van der Waals surface area contributed by atoms with Crippen LogP contribution in [0.3, 0.4) is 0 Å². The number of benzene rings is 1. The van der Waals surface area contributed by atoms with Crippen LogP contribution < -0.4 is 5.32 Å². The lowest BCUT2D eigenvalue weighted by Crippen LogP contribution is -2.51. The maximum absolute atomic E-state index is 14.2. The minimum Gasteiger partial charge on any atom is -0.480 e. The van der Waals surface area contributed by atoms with Crippen LogP contribution >= 0.6 is 0 Å². The van der Waals surface area contributed by atoms with Gasteiger partial charge in [0.05, 0.1) is 12.0 Å². The molecular weight excluding hydrogens is 308 g/mol. The normalized spacial score (nSPS) is 17.7. The number of aliphatic carboxylic acids is 1. The maximum Gasteiger partial charge on any atom is 0.328 e. The van der Waals surface area contributed by atoms with Crippen LogP contribution in [0.2, 0.25) is 0 Å². The van der Waals surface area contributed by atoms with E-state index in [-0.39, 0.29) is 12.2 Å². The molecule has 1 atom stereocenters. The van der Waals surface area contributed by atoms with Crippen LogP contribution in [0.5, 0.6) is 0 Å². The number of carboxylic acids is 1. The summed E-state index contributed by atoms with van der Waals surface area (Å²) in [6.07, 6.45) is 2.21. The smallest absolute Gasteiger partial charge is 0.328 e. The Hall–Kier alpha value is -2.02. The molecule has 5 nitrogen and oxygen atoms in total. The Bertz CT molecular complexity index is 600. The zero-order chi connectivity index (χ0) is 17.0. The molecule has 0 saturated heterocycles. The molecule has 126 valence electrons. The predicted molar refractivity (Wildman–Crippen MR) is 77.9 cm³/mol. The van der Waals surface area contributed by atoms with Crippen LogP contribution in [-0.4, -0.2) is 36.7 Å². The number of hydrogen-bond donors (Lipinski definition) is 2. The molecule has 0 aliphatic heterocycles. The summed E-state index contributed by atoms with van der Waals surface area (Å²) in [6.45, 7) is -0.191. The number of nitrogens with one attached hydrogen (secondary N) is 1. The third-order valence-corrected chi connectivity index (χ3v) is 4.28. The highest BCUT2D eigenvalue weighted by Gasteiger charge is 2.45. The van der Waals surface area contributed by atoms with Crippen molar-refractivity contribution >= 4 is 11.9 Å². The van der Waals surface area contributed by atoms with Crippen molar-refractivity contribution in [3.8, 4) is 0 Å². The average molecular weight is 327 g/mol. The second-order valence-electron chi connectivity index (χ2n) is 5.73. The van der Waals surface area contributed by atoms with Crippen LogP contribution in [0.15, 0.2) is 18.2 Å². The van der Waals surface area contributed by atoms with Gasteiger partial charge in [-0.05, 0) is 18.9 Å². The second kappa shape index (κ2) is 7.04. The van der Waals surface area contributed by atoms with Gasteiger partial charge in [-0.25, -0.2) is 13.6 Å². The van der Waals surface area contributed by atoms with E-state index in [0.717, 1.165) is 12.1 Å². The molecule has 23 heavy (non-hydrogen) atoms. The number of amides is 1. The Morgan fingerprint density at radius 3 is 2.52 bits per heavy atom. The molecule has 2 rings (SSSR count). The van der Waals surface area contributed by atoms with E-state index < -0.39 is 35.0 Å². The van der Waals surface area contributed by atoms with Crippen molar-refractivity contribution in [2.75, 3.05) is 13.7 Å². The van der Waals surface area contributed by atoms with Gasteiger partial charge < -0.3 is 15.2 Å². The summed E-state index contributed by atoms with van der Waals surface area (Å²) in [5, 5.41) is 11.5. The molecule has 1 aromatic rings. The minimum absolute atomic E-state index is 0.107. The van der Waals surface area contributed by atoms with Gasteiger partial charge in [-0.15, -0.1) is 0 Å². The number of rotatable bonds is 6. The van der Waals surface area contributed by atoms with Gasteiger partial charge in [0.25, 0.3) is 0 Å². The van der Waals surface area contributed by atoms with Crippen molar-refractivity contribution in [3.63, 3.8) is 0 Å². The standard InChI is InChI=1S/C16H19F2NO4/c1-23-9-13(14(20)21)19-15(22)16(6-2-3-7-16)11-5-4-10(17)8-12(11)18/h4-5,8,13H,2-3,6-7,9H2,1H3,(H,19,22)(H,20,21). The quantitative estimate of drug-likeness (QED) is 0.838. The Labute approximate surface area is 132 Å². The lowest BCUT2D eigenvalue weighted by molar-refractivity contribution is -0.144. The summed E-state index contributed by atoms with van der Waals surface area (Å²) in [4.78, 5) is 23.9. The molecule has 0 aromatic heterocycles. The summed E-state index contributed by atoms with van der Waals surface area (Å²) in [7, 11) is 1.33. The first kappa shape index (κ1) is 17.3. The highest BCUT2D eigenvalue weighted by atomic mass is 19.1. The molecule has 1 fully saturated rings. The average Bonchev–Trinajstić information content (AvgIpc) is 2.97. The highest BCUT2D eigenvalue weighted by molar-refractivity contribution is 5.92. The first-order valence-electron chi connectivity index (χ1n) is 7.39. The van der Waals surface area contributed by atoms with E-state index in [1.807, 2.05) is 0 Å². The van der Waals surface area contributed by atoms with Crippen molar-refractivity contribution in [3.05, 3.63) is 35.4 Å². The first-order chi connectivity index (χ1) is 10.9. The molecule has 1 aliphatic carbocycles. The fraction of sp³-hybridized carbons (Fsp3) is 0.500. The summed E-state index contributed by atoms with van der Waals surface area (Å²) >= 11 is 0. The molecule has 0 radical (unpaired) electrons. The SMILES string of the molecule is COCC(NC(=O)C1(c2ccc(F)cc2F)CCCC1)C(=O)O. The lowest BCUT2D eigenvalue weighted by atomic mass is 9.77. The summed E-state index contributed by atoms with van der Waals surface area (Å²) in [5.41, 5.74) is -1.06. The topological polar surface area (TPSA) is 75.6 Å². The number of carbonyl (C=O) groups excluding carboxylic acids is 1. The van der Waals surface area contributed by atoms with E-state index in [0.29, 0.717) is 25.7 Å².